The molecule has 0 amide bonds. The number of hydrogen-bond donors (Lipinski definition) is 1. The average molecular weight is 248 g/mol. The van der Waals surface area contributed by atoms with Crippen LogP contribution in [0, 0.1) is 0 Å². The number of halogens is 1. The van der Waals surface area contributed by atoms with Crippen molar-refractivity contribution in [2.75, 3.05) is 0 Å². The Hall–Kier alpha value is 0.140. The molecule has 0 saturated heterocycles. The second-order valence-corrected chi connectivity index (χ2v) is 6.04. The van der Waals surface area contributed by atoms with Crippen molar-refractivity contribution >= 4 is 27.3 Å². The normalized spacial score (nSPS) is 12.0. The zero-order valence-electron chi connectivity index (χ0n) is 7.43. The second-order valence-electron chi connectivity index (χ2n) is 3.75. The van der Waals surface area contributed by atoms with Crippen molar-refractivity contribution in [2.24, 2.45) is 5.73 Å². The quantitative estimate of drug-likeness (QED) is 0.873. The molecule has 12 heavy (non-hydrogen) atoms. The monoisotopic (exact) mass is 247 g/mol. The highest BCUT2D eigenvalue weighted by Gasteiger charge is 2.10. The van der Waals surface area contributed by atoms with Crippen molar-refractivity contribution in [3.63, 3.8) is 0 Å². The van der Waals surface area contributed by atoms with E-state index in [0.717, 1.165) is 12.8 Å². The second kappa shape index (κ2) is 3.90. The molecule has 1 aromatic heterocycles. The molecule has 0 bridgehead atoms. The van der Waals surface area contributed by atoms with E-state index in [2.05, 4.69) is 41.2 Å². The molecule has 1 aromatic rings. The highest BCUT2D eigenvalue weighted by Crippen LogP contribution is 2.22. The summed E-state index contributed by atoms with van der Waals surface area (Å²) in [4.78, 5) is 0. The summed E-state index contributed by atoms with van der Waals surface area (Å²) in [6, 6.07) is 2.16. The van der Waals surface area contributed by atoms with Crippen LogP contribution in [0.1, 0.15) is 25.8 Å². The first kappa shape index (κ1) is 10.2. The number of hydrogen-bond acceptors (Lipinski definition) is 2. The summed E-state index contributed by atoms with van der Waals surface area (Å²) in [6.45, 7) is 4.13. The van der Waals surface area contributed by atoms with Crippen LogP contribution in [0.3, 0.4) is 0 Å². The molecule has 0 radical (unpaired) electrons. The van der Waals surface area contributed by atoms with Crippen molar-refractivity contribution in [3.05, 3.63) is 20.8 Å². The smallest absolute Gasteiger partial charge is 0.0701 e. The van der Waals surface area contributed by atoms with Gasteiger partial charge in [-0.25, -0.2) is 0 Å². The predicted octanol–water partition coefficient (Wildman–Crippen LogP) is 3.18. The molecule has 0 atom stereocenters. The zero-order valence-corrected chi connectivity index (χ0v) is 9.83. The molecule has 0 unspecified atom stereocenters. The Balaban J connectivity index is 2.44. The van der Waals surface area contributed by atoms with E-state index in [9.17, 15) is 0 Å². The van der Waals surface area contributed by atoms with Crippen molar-refractivity contribution in [1.82, 2.24) is 0 Å². The van der Waals surface area contributed by atoms with Crippen LogP contribution in [0.25, 0.3) is 0 Å². The Labute approximate surface area is 86.1 Å². The topological polar surface area (TPSA) is 26.0 Å². The van der Waals surface area contributed by atoms with Gasteiger partial charge in [0.25, 0.3) is 0 Å². The molecule has 0 aliphatic rings. The molecule has 0 aliphatic heterocycles. The summed E-state index contributed by atoms with van der Waals surface area (Å²) < 4.78 is 1.20. The molecule has 0 spiro atoms. The lowest BCUT2D eigenvalue weighted by Gasteiger charge is -2.17. The van der Waals surface area contributed by atoms with Gasteiger partial charge in [0, 0.05) is 5.54 Å². The molecule has 0 fully saturated rings. The van der Waals surface area contributed by atoms with Crippen LogP contribution in [0.5, 0.6) is 0 Å². The summed E-state index contributed by atoms with van der Waals surface area (Å²) in [5.41, 5.74) is 7.21. The molecule has 1 nitrogen and oxygen atoms in total. The minimum atomic E-state index is -0.0472. The van der Waals surface area contributed by atoms with E-state index in [4.69, 9.17) is 5.73 Å². The molecule has 1 heterocycles. The minimum absolute atomic E-state index is 0.0472. The molecular weight excluding hydrogens is 234 g/mol. The van der Waals surface area contributed by atoms with Crippen molar-refractivity contribution < 1.29 is 0 Å². The molecule has 2 N–H and O–H groups in total. The molecule has 0 saturated carbocycles. The number of aryl methyl sites for hydroxylation is 1. The van der Waals surface area contributed by atoms with Crippen LogP contribution >= 0.6 is 27.3 Å². The van der Waals surface area contributed by atoms with Gasteiger partial charge in [0.1, 0.15) is 0 Å². The van der Waals surface area contributed by atoms with E-state index in [0.29, 0.717) is 0 Å². The first-order valence-electron chi connectivity index (χ1n) is 3.99. The third-order valence-electron chi connectivity index (χ3n) is 1.68. The Morgan fingerprint density at radius 1 is 1.58 bits per heavy atom. The predicted molar refractivity (Wildman–Crippen MR) is 58.6 cm³/mol. The molecular formula is C9H14BrNS. The van der Waals surface area contributed by atoms with Gasteiger partial charge in [-0.15, -0.1) is 11.3 Å². The van der Waals surface area contributed by atoms with Crippen LogP contribution in [-0.2, 0) is 6.42 Å². The summed E-state index contributed by atoms with van der Waals surface area (Å²) in [5, 5.41) is 2.18. The lowest BCUT2D eigenvalue weighted by Crippen LogP contribution is -2.32. The standard InChI is InChI=1S/C9H14BrNS/c1-9(2,11)4-3-7-5-8(10)12-6-7/h5-6H,3-4,11H2,1-2H3. The van der Waals surface area contributed by atoms with Crippen molar-refractivity contribution in [3.8, 4) is 0 Å². The minimum Gasteiger partial charge on any atom is -0.326 e. The number of rotatable bonds is 3. The summed E-state index contributed by atoms with van der Waals surface area (Å²) in [5.74, 6) is 0. The Bertz CT molecular complexity index is 249. The fraction of sp³-hybridized carbons (Fsp3) is 0.556. The molecule has 0 aromatic carbocycles. The van der Waals surface area contributed by atoms with Crippen LogP contribution in [0.15, 0.2) is 15.2 Å². The molecule has 68 valence electrons. The van der Waals surface area contributed by atoms with Gasteiger partial charge < -0.3 is 5.73 Å². The average Bonchev–Trinajstić information content (AvgIpc) is 2.30. The first-order valence-corrected chi connectivity index (χ1v) is 5.66. The summed E-state index contributed by atoms with van der Waals surface area (Å²) >= 11 is 5.17. The maximum absolute atomic E-state index is 5.88. The third-order valence-corrected chi connectivity index (χ3v) is 3.23. The van der Waals surface area contributed by atoms with E-state index in [1.165, 1.54) is 9.35 Å². The van der Waals surface area contributed by atoms with E-state index >= 15 is 0 Å². The van der Waals surface area contributed by atoms with Crippen LogP contribution in [-0.4, -0.2) is 5.54 Å². The van der Waals surface area contributed by atoms with Gasteiger partial charge in [0.15, 0.2) is 0 Å². The summed E-state index contributed by atoms with van der Waals surface area (Å²) in [7, 11) is 0. The van der Waals surface area contributed by atoms with Gasteiger partial charge in [-0.05, 0) is 59.6 Å². The van der Waals surface area contributed by atoms with Crippen molar-refractivity contribution in [2.45, 2.75) is 32.2 Å². The van der Waals surface area contributed by atoms with Gasteiger partial charge in [-0.3, -0.25) is 0 Å². The van der Waals surface area contributed by atoms with Gasteiger partial charge >= 0.3 is 0 Å². The fourth-order valence-corrected chi connectivity index (χ4v) is 2.19. The van der Waals surface area contributed by atoms with E-state index in [1.807, 2.05) is 0 Å². The van der Waals surface area contributed by atoms with Crippen LogP contribution < -0.4 is 5.73 Å². The van der Waals surface area contributed by atoms with Crippen molar-refractivity contribution in [1.29, 1.82) is 0 Å². The maximum atomic E-state index is 5.88. The van der Waals surface area contributed by atoms with Gasteiger partial charge in [0.2, 0.25) is 0 Å². The number of nitrogens with two attached hydrogens (primary N) is 1. The first-order chi connectivity index (χ1) is 5.47. The fourth-order valence-electron chi connectivity index (χ4n) is 0.943. The largest absolute Gasteiger partial charge is 0.326 e. The van der Waals surface area contributed by atoms with E-state index in [-0.39, 0.29) is 5.54 Å². The molecule has 3 heteroatoms. The molecule has 1 rings (SSSR count). The third kappa shape index (κ3) is 3.70. The highest BCUT2D eigenvalue weighted by molar-refractivity contribution is 9.11. The maximum Gasteiger partial charge on any atom is 0.0701 e. The van der Waals surface area contributed by atoms with Gasteiger partial charge in [-0.1, -0.05) is 0 Å². The molecule has 0 aliphatic carbocycles. The van der Waals surface area contributed by atoms with Crippen LogP contribution in [0.4, 0.5) is 0 Å². The van der Waals surface area contributed by atoms with Gasteiger partial charge in [0.05, 0.1) is 3.79 Å². The van der Waals surface area contributed by atoms with E-state index in [1.54, 1.807) is 11.3 Å². The summed E-state index contributed by atoms with van der Waals surface area (Å²) in [6.07, 6.45) is 2.11. The Morgan fingerprint density at radius 2 is 2.25 bits per heavy atom. The lowest BCUT2D eigenvalue weighted by molar-refractivity contribution is 0.477. The van der Waals surface area contributed by atoms with Gasteiger partial charge in [-0.2, -0.15) is 0 Å². The zero-order chi connectivity index (χ0) is 9.19. The lowest BCUT2D eigenvalue weighted by atomic mass is 9.98. The number of thiophene rings is 1. The SMILES string of the molecule is CC(C)(N)CCc1csc(Br)c1. The van der Waals surface area contributed by atoms with E-state index < -0.39 is 0 Å². The highest BCUT2D eigenvalue weighted by atomic mass is 79.9. The Morgan fingerprint density at radius 3 is 2.67 bits per heavy atom. The van der Waals surface area contributed by atoms with Crippen LogP contribution in [0.2, 0.25) is 0 Å². The Kier molecular flexibility index (Phi) is 3.32.